The molecule has 2 fully saturated rings. The van der Waals surface area contributed by atoms with Gasteiger partial charge in [-0.25, -0.2) is 14.8 Å². The van der Waals surface area contributed by atoms with Crippen LogP contribution in [0.1, 0.15) is 32.0 Å². The highest BCUT2D eigenvalue weighted by atomic mass is 32.1. The Hall–Kier alpha value is -2.22. The van der Waals surface area contributed by atoms with Gasteiger partial charge in [0.2, 0.25) is 0 Å². The molecule has 1 aliphatic heterocycles. The van der Waals surface area contributed by atoms with E-state index in [9.17, 15) is 9.59 Å². The first-order chi connectivity index (χ1) is 11.6. The van der Waals surface area contributed by atoms with Gasteiger partial charge in [-0.05, 0) is 24.3 Å². The third-order valence-electron chi connectivity index (χ3n) is 4.99. The van der Waals surface area contributed by atoms with Crippen molar-refractivity contribution < 1.29 is 9.59 Å². The van der Waals surface area contributed by atoms with Gasteiger partial charge in [-0.2, -0.15) is 0 Å². The van der Waals surface area contributed by atoms with Crippen LogP contribution in [0.3, 0.4) is 0 Å². The largest absolute Gasteiger partial charge is 0.369 e. The molecule has 3 amide bonds. The predicted molar refractivity (Wildman–Crippen MR) is 92.0 cm³/mol. The zero-order valence-electron chi connectivity index (χ0n) is 13.4. The minimum Gasteiger partial charge on any atom is -0.369 e. The number of aryl methyl sites for hydroxylation is 1. The molecule has 2 aliphatic rings. The van der Waals surface area contributed by atoms with Gasteiger partial charge in [-0.1, -0.05) is 13.3 Å². The maximum absolute atomic E-state index is 12.3. The molecule has 7 nitrogen and oxygen atoms in total. The standard InChI is InChI=1S/C16H19N5O2S/c1-2-11-18-12(10-5-7-24-13(10)19-11)17-8-9-4-3-6-16(9)14(22)20-15(23)21-16/h5,7,9H,2-4,6,8H2,1H3,(H,17,18,19)(H2,20,21,22,23)/t9-,16-/m0/s1. The Morgan fingerprint density at radius 2 is 2.29 bits per heavy atom. The van der Waals surface area contributed by atoms with E-state index in [-0.39, 0.29) is 17.9 Å². The molecular weight excluding hydrogens is 326 g/mol. The minimum absolute atomic E-state index is 0.0534. The molecule has 0 radical (unpaired) electrons. The number of thiophene rings is 1. The Kier molecular flexibility index (Phi) is 3.64. The highest BCUT2D eigenvalue weighted by Crippen LogP contribution is 2.38. The van der Waals surface area contributed by atoms with Crippen molar-refractivity contribution in [2.45, 2.75) is 38.1 Å². The zero-order valence-corrected chi connectivity index (χ0v) is 14.2. The lowest BCUT2D eigenvalue weighted by Gasteiger charge is -2.28. The van der Waals surface area contributed by atoms with Crippen molar-refractivity contribution in [3.05, 3.63) is 17.3 Å². The van der Waals surface area contributed by atoms with Crippen LogP contribution in [-0.2, 0) is 11.2 Å². The van der Waals surface area contributed by atoms with Crippen LogP contribution in [0.15, 0.2) is 11.4 Å². The Balaban J connectivity index is 1.58. The number of hydrogen-bond acceptors (Lipinski definition) is 6. The molecular formula is C16H19N5O2S. The van der Waals surface area contributed by atoms with Crippen molar-refractivity contribution >= 4 is 39.3 Å². The number of anilines is 1. The molecule has 126 valence electrons. The number of imide groups is 1. The van der Waals surface area contributed by atoms with Crippen LogP contribution in [0.5, 0.6) is 0 Å². The molecule has 8 heteroatoms. The number of aromatic nitrogens is 2. The number of nitrogens with zero attached hydrogens (tertiary/aromatic N) is 2. The van der Waals surface area contributed by atoms with Crippen LogP contribution < -0.4 is 16.0 Å². The molecule has 0 unspecified atom stereocenters. The van der Waals surface area contributed by atoms with Crippen molar-refractivity contribution in [2.75, 3.05) is 11.9 Å². The first kappa shape index (κ1) is 15.3. The van der Waals surface area contributed by atoms with Gasteiger partial charge >= 0.3 is 6.03 Å². The summed E-state index contributed by atoms with van der Waals surface area (Å²) in [7, 11) is 0. The molecule has 2 aromatic heterocycles. The van der Waals surface area contributed by atoms with E-state index in [1.807, 2.05) is 18.4 Å². The van der Waals surface area contributed by atoms with Crippen molar-refractivity contribution in [2.24, 2.45) is 5.92 Å². The first-order valence-corrected chi connectivity index (χ1v) is 9.12. The van der Waals surface area contributed by atoms with E-state index in [0.717, 1.165) is 41.1 Å². The van der Waals surface area contributed by atoms with Crippen molar-refractivity contribution in [1.29, 1.82) is 0 Å². The Morgan fingerprint density at radius 3 is 3.04 bits per heavy atom. The summed E-state index contributed by atoms with van der Waals surface area (Å²) in [6.45, 7) is 2.63. The summed E-state index contributed by atoms with van der Waals surface area (Å²) < 4.78 is 0. The maximum Gasteiger partial charge on any atom is 0.322 e. The quantitative estimate of drug-likeness (QED) is 0.737. The van der Waals surface area contributed by atoms with Gasteiger partial charge in [0.15, 0.2) is 0 Å². The second kappa shape index (κ2) is 5.70. The SMILES string of the molecule is CCc1nc(NC[C@@H]2CCC[C@]23NC(=O)NC3=O)c2ccsc2n1. The number of carbonyl (C=O) groups is 2. The first-order valence-electron chi connectivity index (χ1n) is 8.24. The molecule has 2 aromatic rings. The van der Waals surface area contributed by atoms with Crippen LogP contribution in [0, 0.1) is 5.92 Å². The molecule has 4 rings (SSSR count). The topological polar surface area (TPSA) is 96.0 Å². The maximum atomic E-state index is 12.3. The Bertz CT molecular complexity index is 820. The highest BCUT2D eigenvalue weighted by molar-refractivity contribution is 7.16. The third kappa shape index (κ3) is 2.32. The lowest BCUT2D eigenvalue weighted by molar-refractivity contribution is -0.125. The normalized spacial score (nSPS) is 26.1. The molecule has 1 aliphatic carbocycles. The Morgan fingerprint density at radius 1 is 1.42 bits per heavy atom. The lowest BCUT2D eigenvalue weighted by Crippen LogP contribution is -2.51. The van der Waals surface area contributed by atoms with E-state index in [1.165, 1.54) is 0 Å². The smallest absolute Gasteiger partial charge is 0.322 e. The molecule has 0 bridgehead atoms. The summed E-state index contributed by atoms with van der Waals surface area (Å²) >= 11 is 1.60. The molecule has 2 atom stereocenters. The zero-order chi connectivity index (χ0) is 16.7. The number of rotatable bonds is 4. The molecule has 1 saturated carbocycles. The average molecular weight is 345 g/mol. The van der Waals surface area contributed by atoms with Crippen LogP contribution in [0.25, 0.3) is 10.2 Å². The molecule has 0 aromatic carbocycles. The molecule has 24 heavy (non-hydrogen) atoms. The van der Waals surface area contributed by atoms with E-state index in [0.29, 0.717) is 13.0 Å². The number of fused-ring (bicyclic) bond motifs is 1. The summed E-state index contributed by atoms with van der Waals surface area (Å²) in [4.78, 5) is 33.9. The molecule has 1 spiro atoms. The fraction of sp³-hybridized carbons (Fsp3) is 0.500. The van der Waals surface area contributed by atoms with E-state index >= 15 is 0 Å². The van der Waals surface area contributed by atoms with Crippen LogP contribution >= 0.6 is 11.3 Å². The second-order valence-electron chi connectivity index (χ2n) is 6.33. The molecule has 1 saturated heterocycles. The fourth-order valence-electron chi connectivity index (χ4n) is 3.74. The van der Waals surface area contributed by atoms with Crippen LogP contribution in [0.2, 0.25) is 0 Å². The van der Waals surface area contributed by atoms with E-state index in [4.69, 9.17) is 0 Å². The van der Waals surface area contributed by atoms with Gasteiger partial charge in [0.25, 0.3) is 5.91 Å². The third-order valence-corrected chi connectivity index (χ3v) is 5.80. The molecule has 3 N–H and O–H groups in total. The number of hydrogen-bond donors (Lipinski definition) is 3. The fourth-order valence-corrected chi connectivity index (χ4v) is 4.52. The van der Waals surface area contributed by atoms with Crippen molar-refractivity contribution in [3.8, 4) is 0 Å². The van der Waals surface area contributed by atoms with Gasteiger partial charge in [-0.15, -0.1) is 11.3 Å². The highest BCUT2D eigenvalue weighted by Gasteiger charge is 2.54. The van der Waals surface area contributed by atoms with Crippen molar-refractivity contribution in [1.82, 2.24) is 20.6 Å². The van der Waals surface area contributed by atoms with Crippen LogP contribution in [0.4, 0.5) is 10.6 Å². The van der Waals surface area contributed by atoms with E-state index in [1.54, 1.807) is 11.3 Å². The van der Waals surface area contributed by atoms with Gasteiger partial charge < -0.3 is 10.6 Å². The van der Waals surface area contributed by atoms with E-state index in [2.05, 4.69) is 25.9 Å². The van der Waals surface area contributed by atoms with Gasteiger partial charge in [0.1, 0.15) is 22.0 Å². The van der Waals surface area contributed by atoms with Gasteiger partial charge in [-0.3, -0.25) is 10.1 Å². The summed E-state index contributed by atoms with van der Waals surface area (Å²) in [5, 5.41) is 11.6. The predicted octanol–water partition coefficient (Wildman–Crippen LogP) is 2.04. The summed E-state index contributed by atoms with van der Waals surface area (Å²) in [5.41, 5.74) is -0.765. The Labute approximate surface area is 143 Å². The van der Waals surface area contributed by atoms with Crippen LogP contribution in [-0.4, -0.2) is 34.0 Å². The molecule has 3 heterocycles. The summed E-state index contributed by atoms with van der Waals surface area (Å²) in [6, 6.07) is 1.62. The minimum atomic E-state index is -0.765. The van der Waals surface area contributed by atoms with Crippen molar-refractivity contribution in [3.63, 3.8) is 0 Å². The summed E-state index contributed by atoms with van der Waals surface area (Å²) in [5.74, 6) is 1.47. The van der Waals surface area contributed by atoms with Gasteiger partial charge in [0, 0.05) is 18.9 Å². The average Bonchev–Trinajstić information content (AvgIpc) is 3.25. The number of carbonyl (C=O) groups excluding carboxylic acids is 2. The lowest BCUT2D eigenvalue weighted by atomic mass is 9.87. The number of amides is 3. The number of urea groups is 1. The summed E-state index contributed by atoms with van der Waals surface area (Å²) in [6.07, 6.45) is 3.29. The second-order valence-corrected chi connectivity index (χ2v) is 7.23. The van der Waals surface area contributed by atoms with E-state index < -0.39 is 5.54 Å². The van der Waals surface area contributed by atoms with Gasteiger partial charge in [0.05, 0.1) is 5.39 Å². The number of nitrogens with one attached hydrogen (secondary N) is 3. The monoisotopic (exact) mass is 345 g/mol.